The molecule has 2 aliphatic rings. The predicted molar refractivity (Wildman–Crippen MR) is 81.7 cm³/mol. The van der Waals surface area contributed by atoms with Crippen LogP contribution in [0.25, 0.3) is 11.4 Å². The van der Waals surface area contributed by atoms with Crippen LogP contribution in [-0.4, -0.2) is 39.2 Å². The van der Waals surface area contributed by atoms with Gasteiger partial charge in [0.2, 0.25) is 17.8 Å². The molecule has 1 saturated heterocycles. The van der Waals surface area contributed by atoms with E-state index >= 15 is 0 Å². The van der Waals surface area contributed by atoms with E-state index in [0.717, 1.165) is 24.5 Å². The lowest BCUT2D eigenvalue weighted by Crippen LogP contribution is -2.30. The molecule has 1 saturated carbocycles. The van der Waals surface area contributed by atoms with Crippen molar-refractivity contribution in [2.75, 3.05) is 18.0 Å². The first-order valence-electron chi connectivity index (χ1n) is 7.91. The van der Waals surface area contributed by atoms with Crippen molar-refractivity contribution in [2.24, 2.45) is 0 Å². The third kappa shape index (κ3) is 2.76. The van der Waals surface area contributed by atoms with Crippen LogP contribution >= 0.6 is 0 Å². The molecule has 2 aromatic rings. The fourth-order valence-electron chi connectivity index (χ4n) is 3.04. The molecular formula is C15H17N5O3. The summed E-state index contributed by atoms with van der Waals surface area (Å²) in [7, 11) is 0. The van der Waals surface area contributed by atoms with Crippen LogP contribution in [0.15, 0.2) is 22.9 Å². The maximum absolute atomic E-state index is 10.7. The summed E-state index contributed by atoms with van der Waals surface area (Å²) in [5.74, 6) is 1.51. The van der Waals surface area contributed by atoms with Gasteiger partial charge in [-0.15, -0.1) is 0 Å². The number of pyridine rings is 1. The Hall–Kier alpha value is -2.51. The number of anilines is 1. The number of aromatic nitrogens is 3. The molecule has 2 fully saturated rings. The average molecular weight is 315 g/mol. The fraction of sp³-hybridized carbons (Fsp3) is 0.533. The van der Waals surface area contributed by atoms with Crippen molar-refractivity contribution in [1.29, 1.82) is 0 Å². The summed E-state index contributed by atoms with van der Waals surface area (Å²) in [5, 5.41) is 14.7. The minimum atomic E-state index is -0.579. The Kier molecular flexibility index (Phi) is 3.44. The lowest BCUT2D eigenvalue weighted by molar-refractivity contribution is -0.496. The smallest absolute Gasteiger partial charge is 0.237 e. The second kappa shape index (κ2) is 5.60. The molecule has 0 N–H and O–H groups in total. The summed E-state index contributed by atoms with van der Waals surface area (Å²) in [6, 6.07) is 3.21. The molecule has 1 aliphatic carbocycles. The van der Waals surface area contributed by atoms with Crippen molar-refractivity contribution in [1.82, 2.24) is 15.1 Å². The topological polar surface area (TPSA) is 98.2 Å². The molecule has 2 unspecified atom stereocenters. The van der Waals surface area contributed by atoms with E-state index in [1.807, 2.05) is 12.1 Å². The van der Waals surface area contributed by atoms with Crippen molar-refractivity contribution in [3.05, 3.63) is 34.3 Å². The van der Waals surface area contributed by atoms with E-state index in [2.05, 4.69) is 20.0 Å². The van der Waals surface area contributed by atoms with Gasteiger partial charge in [0, 0.05) is 36.2 Å². The third-order valence-corrected chi connectivity index (χ3v) is 4.47. The summed E-state index contributed by atoms with van der Waals surface area (Å²) < 4.78 is 5.21. The zero-order valence-electron chi connectivity index (χ0n) is 12.6. The van der Waals surface area contributed by atoms with Crippen LogP contribution in [0.1, 0.15) is 37.5 Å². The van der Waals surface area contributed by atoms with Gasteiger partial charge in [0.25, 0.3) is 0 Å². The monoisotopic (exact) mass is 315 g/mol. The number of piperidine rings is 1. The van der Waals surface area contributed by atoms with Crippen LogP contribution < -0.4 is 4.90 Å². The minimum absolute atomic E-state index is 0.241. The van der Waals surface area contributed by atoms with Gasteiger partial charge in [-0.2, -0.15) is 4.98 Å². The first kappa shape index (κ1) is 14.1. The number of hydrogen-bond acceptors (Lipinski definition) is 7. The first-order valence-corrected chi connectivity index (χ1v) is 7.91. The van der Waals surface area contributed by atoms with Crippen LogP contribution in [0, 0.1) is 10.1 Å². The highest BCUT2D eigenvalue weighted by molar-refractivity contribution is 5.59. The van der Waals surface area contributed by atoms with Crippen molar-refractivity contribution in [3.63, 3.8) is 0 Å². The van der Waals surface area contributed by atoms with Crippen molar-refractivity contribution < 1.29 is 9.45 Å². The Labute approximate surface area is 132 Å². The maximum Gasteiger partial charge on any atom is 0.237 e. The number of nitro groups is 1. The second-order valence-electron chi connectivity index (χ2n) is 6.10. The van der Waals surface area contributed by atoms with Crippen LogP contribution in [0.4, 0.5) is 5.82 Å². The van der Waals surface area contributed by atoms with E-state index in [-0.39, 0.29) is 10.8 Å². The molecule has 0 radical (unpaired) electrons. The molecule has 8 heteroatoms. The number of nitrogens with zero attached hydrogens (tertiary/aromatic N) is 5. The number of hydrogen-bond donors (Lipinski definition) is 0. The molecule has 0 bridgehead atoms. The molecule has 1 aliphatic heterocycles. The molecule has 0 aromatic carbocycles. The lowest BCUT2D eigenvalue weighted by atomic mass is 10.1. The summed E-state index contributed by atoms with van der Waals surface area (Å²) >= 11 is 0. The highest BCUT2D eigenvalue weighted by Gasteiger charge is 2.53. The maximum atomic E-state index is 10.7. The average Bonchev–Trinajstić information content (AvgIpc) is 3.25. The molecule has 3 heterocycles. The summed E-state index contributed by atoms with van der Waals surface area (Å²) in [6.07, 6.45) is 5.85. The molecule has 23 heavy (non-hydrogen) atoms. The van der Waals surface area contributed by atoms with Gasteiger partial charge in [0.1, 0.15) is 11.7 Å². The Morgan fingerprint density at radius 3 is 2.87 bits per heavy atom. The van der Waals surface area contributed by atoms with Crippen molar-refractivity contribution in [3.8, 4) is 11.4 Å². The van der Waals surface area contributed by atoms with E-state index < -0.39 is 6.04 Å². The largest absolute Gasteiger partial charge is 0.357 e. The molecule has 4 rings (SSSR count). The standard InChI is InChI=1S/C15H17N5O3/c21-20(22)12-9-11(12)15-17-14(18-23-15)10-4-5-16-13(8-10)19-6-2-1-3-7-19/h4-5,8,11-12H,1-3,6-7,9H2. The SMILES string of the molecule is O=[N+]([O-])C1CC1c1nc(-c2ccnc(N3CCCCC3)c2)no1. The van der Waals surface area contributed by atoms with E-state index in [1.165, 1.54) is 19.3 Å². The van der Waals surface area contributed by atoms with E-state index in [9.17, 15) is 10.1 Å². The zero-order valence-corrected chi connectivity index (χ0v) is 12.6. The quantitative estimate of drug-likeness (QED) is 0.630. The van der Waals surface area contributed by atoms with E-state index in [1.54, 1.807) is 6.20 Å². The molecule has 8 nitrogen and oxygen atoms in total. The van der Waals surface area contributed by atoms with Gasteiger partial charge in [-0.05, 0) is 31.4 Å². The van der Waals surface area contributed by atoms with Gasteiger partial charge in [-0.3, -0.25) is 10.1 Å². The first-order chi connectivity index (χ1) is 11.2. The summed E-state index contributed by atoms with van der Waals surface area (Å²) in [5.41, 5.74) is 0.828. The Balaban J connectivity index is 1.54. The Morgan fingerprint density at radius 1 is 1.30 bits per heavy atom. The minimum Gasteiger partial charge on any atom is -0.357 e. The van der Waals surface area contributed by atoms with Gasteiger partial charge >= 0.3 is 0 Å². The van der Waals surface area contributed by atoms with Crippen molar-refractivity contribution >= 4 is 5.82 Å². The highest BCUT2D eigenvalue weighted by Crippen LogP contribution is 2.42. The van der Waals surface area contributed by atoms with Crippen LogP contribution in [0.3, 0.4) is 0 Å². The molecule has 120 valence electrons. The number of rotatable bonds is 4. The molecular weight excluding hydrogens is 298 g/mol. The zero-order chi connectivity index (χ0) is 15.8. The Morgan fingerprint density at radius 2 is 2.13 bits per heavy atom. The molecule has 2 atom stereocenters. The van der Waals surface area contributed by atoms with Crippen LogP contribution in [-0.2, 0) is 0 Å². The molecule has 0 spiro atoms. The predicted octanol–water partition coefficient (Wildman–Crippen LogP) is 2.25. The van der Waals surface area contributed by atoms with Gasteiger partial charge in [-0.1, -0.05) is 5.16 Å². The van der Waals surface area contributed by atoms with Gasteiger partial charge in [-0.25, -0.2) is 4.98 Å². The summed E-state index contributed by atoms with van der Waals surface area (Å²) in [4.78, 5) is 21.5. The van der Waals surface area contributed by atoms with Crippen molar-refractivity contribution in [2.45, 2.75) is 37.6 Å². The van der Waals surface area contributed by atoms with E-state index in [0.29, 0.717) is 18.1 Å². The van der Waals surface area contributed by atoms with Gasteiger partial charge < -0.3 is 9.42 Å². The van der Waals surface area contributed by atoms with Gasteiger partial charge in [0.05, 0.1) is 0 Å². The third-order valence-electron chi connectivity index (χ3n) is 4.47. The normalized spacial score (nSPS) is 23.7. The van der Waals surface area contributed by atoms with E-state index in [4.69, 9.17) is 4.52 Å². The second-order valence-corrected chi connectivity index (χ2v) is 6.10. The molecule has 0 amide bonds. The van der Waals surface area contributed by atoms with Crippen LogP contribution in [0.5, 0.6) is 0 Å². The fourth-order valence-corrected chi connectivity index (χ4v) is 3.04. The summed E-state index contributed by atoms with van der Waals surface area (Å²) in [6.45, 7) is 2.03. The highest BCUT2D eigenvalue weighted by atomic mass is 16.6. The van der Waals surface area contributed by atoms with Gasteiger partial charge in [0.15, 0.2) is 0 Å². The Bertz CT molecular complexity index is 725. The van der Waals surface area contributed by atoms with Crippen LogP contribution in [0.2, 0.25) is 0 Å². The molecule has 2 aromatic heterocycles. The lowest BCUT2D eigenvalue weighted by Gasteiger charge is -2.27.